The number of nitrogens with zero attached hydrogens (tertiary/aromatic N) is 2. The maximum Gasteiger partial charge on any atom is 0.161 e. The average molecular weight is 212 g/mol. The molecule has 0 saturated carbocycles. The van der Waals surface area contributed by atoms with E-state index in [0.717, 1.165) is 17.9 Å². The highest BCUT2D eigenvalue weighted by molar-refractivity contribution is 5.28. The summed E-state index contributed by atoms with van der Waals surface area (Å²) in [5.74, 6) is 6.31. The molecule has 5 nitrogen and oxygen atoms in total. The van der Waals surface area contributed by atoms with Crippen molar-refractivity contribution in [2.24, 2.45) is 5.84 Å². The number of ether oxygens (including phenoxy) is 1. The first-order valence-corrected chi connectivity index (χ1v) is 5.23. The van der Waals surface area contributed by atoms with Gasteiger partial charge in [0, 0.05) is 6.04 Å². The summed E-state index contributed by atoms with van der Waals surface area (Å²) < 4.78 is 7.22. The first kappa shape index (κ1) is 12.0. The Morgan fingerprint density at radius 3 is 2.67 bits per heavy atom. The van der Waals surface area contributed by atoms with Crippen LogP contribution in [0.25, 0.3) is 0 Å². The van der Waals surface area contributed by atoms with Gasteiger partial charge in [0.2, 0.25) is 0 Å². The summed E-state index contributed by atoms with van der Waals surface area (Å²) in [6, 6.07) is 0.371. The zero-order valence-electron chi connectivity index (χ0n) is 9.82. The Hall–Kier alpha value is -1.07. The Bertz CT molecular complexity index is 304. The van der Waals surface area contributed by atoms with Crippen molar-refractivity contribution in [1.82, 2.24) is 15.2 Å². The molecular weight excluding hydrogens is 192 g/mol. The van der Waals surface area contributed by atoms with Gasteiger partial charge in [0.15, 0.2) is 5.75 Å². The number of nitrogens with one attached hydrogen (secondary N) is 1. The van der Waals surface area contributed by atoms with Gasteiger partial charge in [-0.05, 0) is 20.3 Å². The second kappa shape index (κ2) is 5.14. The number of nitrogens with two attached hydrogens (primary N) is 1. The average Bonchev–Trinajstić information content (AvgIpc) is 2.64. The highest BCUT2D eigenvalue weighted by Gasteiger charge is 2.20. The molecule has 0 radical (unpaired) electrons. The normalized spacial score (nSPS) is 13.2. The molecule has 1 unspecified atom stereocenters. The molecule has 1 atom stereocenters. The molecule has 0 aliphatic carbocycles. The van der Waals surface area contributed by atoms with Crippen molar-refractivity contribution in [1.29, 1.82) is 0 Å². The predicted molar refractivity (Wildman–Crippen MR) is 59.5 cm³/mol. The lowest BCUT2D eigenvalue weighted by atomic mass is 10.1. The van der Waals surface area contributed by atoms with Gasteiger partial charge in [-0.1, -0.05) is 6.92 Å². The van der Waals surface area contributed by atoms with Crippen LogP contribution in [0.5, 0.6) is 5.75 Å². The Kier molecular flexibility index (Phi) is 4.11. The van der Waals surface area contributed by atoms with Gasteiger partial charge in [0.25, 0.3) is 0 Å². The third-order valence-corrected chi connectivity index (χ3v) is 2.45. The lowest BCUT2D eigenvalue weighted by Crippen LogP contribution is -2.30. The highest BCUT2D eigenvalue weighted by atomic mass is 16.5. The summed E-state index contributed by atoms with van der Waals surface area (Å²) in [5.41, 5.74) is 3.79. The van der Waals surface area contributed by atoms with Crippen molar-refractivity contribution in [2.75, 3.05) is 7.11 Å². The topological polar surface area (TPSA) is 65.1 Å². The van der Waals surface area contributed by atoms with Crippen LogP contribution in [0.4, 0.5) is 0 Å². The van der Waals surface area contributed by atoms with Crippen molar-refractivity contribution in [3.63, 3.8) is 0 Å². The molecule has 1 aromatic rings. The summed E-state index contributed by atoms with van der Waals surface area (Å²) in [5, 5.41) is 4.30. The van der Waals surface area contributed by atoms with Crippen LogP contribution in [-0.4, -0.2) is 16.9 Å². The lowest BCUT2D eigenvalue weighted by Gasteiger charge is -2.19. The first-order chi connectivity index (χ1) is 7.15. The molecule has 0 saturated heterocycles. The zero-order chi connectivity index (χ0) is 11.4. The number of hydrogen-bond acceptors (Lipinski definition) is 4. The Morgan fingerprint density at radius 1 is 1.60 bits per heavy atom. The quantitative estimate of drug-likeness (QED) is 0.572. The van der Waals surface area contributed by atoms with Gasteiger partial charge in [-0.25, -0.2) is 0 Å². The van der Waals surface area contributed by atoms with E-state index in [1.165, 1.54) is 0 Å². The van der Waals surface area contributed by atoms with Crippen molar-refractivity contribution in [3.8, 4) is 5.75 Å². The maximum absolute atomic E-state index is 5.52. The van der Waals surface area contributed by atoms with Gasteiger partial charge >= 0.3 is 0 Å². The van der Waals surface area contributed by atoms with Crippen molar-refractivity contribution >= 4 is 0 Å². The van der Waals surface area contributed by atoms with Crippen LogP contribution in [0, 0.1) is 0 Å². The summed E-state index contributed by atoms with van der Waals surface area (Å²) >= 11 is 0. The third kappa shape index (κ3) is 2.30. The van der Waals surface area contributed by atoms with Gasteiger partial charge in [-0.2, -0.15) is 5.10 Å². The van der Waals surface area contributed by atoms with E-state index in [9.17, 15) is 0 Å². The number of aromatic nitrogens is 2. The van der Waals surface area contributed by atoms with Crippen LogP contribution >= 0.6 is 0 Å². The Labute approximate surface area is 90.6 Å². The second-order valence-electron chi connectivity index (χ2n) is 3.76. The molecule has 1 aromatic heterocycles. The molecular formula is C10H20N4O. The van der Waals surface area contributed by atoms with Crippen LogP contribution in [-0.2, 0) is 0 Å². The summed E-state index contributed by atoms with van der Waals surface area (Å²) in [4.78, 5) is 0. The summed E-state index contributed by atoms with van der Waals surface area (Å²) in [6.07, 6.45) is 2.63. The van der Waals surface area contributed by atoms with Gasteiger partial charge < -0.3 is 4.74 Å². The van der Waals surface area contributed by atoms with E-state index >= 15 is 0 Å². The molecule has 0 spiro atoms. The van der Waals surface area contributed by atoms with E-state index < -0.39 is 0 Å². The van der Waals surface area contributed by atoms with E-state index in [0.29, 0.717) is 6.04 Å². The fraction of sp³-hybridized carbons (Fsp3) is 0.700. The van der Waals surface area contributed by atoms with Gasteiger partial charge in [-0.3, -0.25) is 16.0 Å². The largest absolute Gasteiger partial charge is 0.493 e. The number of rotatable bonds is 5. The monoisotopic (exact) mass is 212 g/mol. The molecule has 0 aromatic carbocycles. The Morgan fingerprint density at radius 2 is 2.27 bits per heavy atom. The molecule has 0 aliphatic heterocycles. The first-order valence-electron chi connectivity index (χ1n) is 5.23. The van der Waals surface area contributed by atoms with Gasteiger partial charge in [0.1, 0.15) is 0 Å². The number of methoxy groups -OCH3 is 1. The van der Waals surface area contributed by atoms with Crippen LogP contribution < -0.4 is 16.0 Å². The van der Waals surface area contributed by atoms with Crippen molar-refractivity contribution < 1.29 is 4.74 Å². The summed E-state index contributed by atoms with van der Waals surface area (Å²) in [6.45, 7) is 6.24. The van der Waals surface area contributed by atoms with E-state index in [4.69, 9.17) is 10.6 Å². The van der Waals surface area contributed by atoms with Crippen LogP contribution in [0.2, 0.25) is 0 Å². The van der Waals surface area contributed by atoms with Crippen molar-refractivity contribution in [2.45, 2.75) is 39.3 Å². The van der Waals surface area contributed by atoms with Crippen LogP contribution in [0.1, 0.15) is 45.0 Å². The van der Waals surface area contributed by atoms with Gasteiger partial charge in [0.05, 0.1) is 25.0 Å². The second-order valence-corrected chi connectivity index (χ2v) is 3.76. The molecule has 0 bridgehead atoms. The molecule has 86 valence electrons. The third-order valence-electron chi connectivity index (χ3n) is 2.45. The zero-order valence-corrected chi connectivity index (χ0v) is 9.82. The number of hydrogen-bond donors (Lipinski definition) is 2. The summed E-state index contributed by atoms with van der Waals surface area (Å²) in [7, 11) is 1.65. The lowest BCUT2D eigenvalue weighted by molar-refractivity contribution is 0.382. The van der Waals surface area contributed by atoms with E-state index in [1.807, 2.05) is 4.68 Å². The predicted octanol–water partition coefficient (Wildman–Crippen LogP) is 1.39. The minimum absolute atomic E-state index is 0.0739. The standard InChI is InChI=1S/C10H20N4O/c1-5-8(13-11)10-9(15-4)6-12-14(10)7(2)3/h6-8,13H,5,11H2,1-4H3. The van der Waals surface area contributed by atoms with Crippen LogP contribution in [0.3, 0.4) is 0 Å². The minimum atomic E-state index is 0.0739. The molecule has 0 fully saturated rings. The molecule has 1 heterocycles. The molecule has 0 amide bonds. The van der Waals surface area contributed by atoms with E-state index in [1.54, 1.807) is 13.3 Å². The van der Waals surface area contributed by atoms with E-state index in [-0.39, 0.29) is 6.04 Å². The smallest absolute Gasteiger partial charge is 0.161 e. The molecule has 5 heteroatoms. The molecule has 15 heavy (non-hydrogen) atoms. The molecule has 0 aliphatic rings. The van der Waals surface area contributed by atoms with E-state index in [2.05, 4.69) is 31.3 Å². The fourth-order valence-corrected chi connectivity index (χ4v) is 1.65. The number of hydrazine groups is 1. The molecule has 3 N–H and O–H groups in total. The van der Waals surface area contributed by atoms with Gasteiger partial charge in [-0.15, -0.1) is 0 Å². The van der Waals surface area contributed by atoms with Crippen molar-refractivity contribution in [3.05, 3.63) is 11.9 Å². The minimum Gasteiger partial charge on any atom is -0.493 e. The maximum atomic E-state index is 5.52. The SMILES string of the molecule is CCC(NN)c1c(OC)cnn1C(C)C. The molecule has 1 rings (SSSR count). The highest BCUT2D eigenvalue weighted by Crippen LogP contribution is 2.28. The Balaban J connectivity index is 3.14. The van der Waals surface area contributed by atoms with Crippen LogP contribution in [0.15, 0.2) is 6.20 Å². The fourth-order valence-electron chi connectivity index (χ4n) is 1.65.